The van der Waals surface area contributed by atoms with Crippen LogP contribution in [-0.4, -0.2) is 9.97 Å². The highest BCUT2D eigenvalue weighted by Gasteiger charge is 2.24. The Bertz CT molecular complexity index is 364. The molecule has 0 aromatic carbocycles. The summed E-state index contributed by atoms with van der Waals surface area (Å²) in [6, 6.07) is 0. The van der Waals surface area contributed by atoms with Crippen molar-refractivity contribution in [3.8, 4) is 0 Å². The topological polar surface area (TPSA) is 25.8 Å². The quantitative estimate of drug-likeness (QED) is 0.577. The van der Waals surface area contributed by atoms with Crippen molar-refractivity contribution in [1.82, 2.24) is 9.97 Å². The second-order valence-corrected chi connectivity index (χ2v) is 5.55. The first-order valence-corrected chi connectivity index (χ1v) is 6.65. The normalized spacial score (nSPS) is 19.0. The van der Waals surface area contributed by atoms with E-state index in [1.165, 1.54) is 12.8 Å². The zero-order chi connectivity index (χ0) is 11.7. The molecule has 1 aromatic rings. The molecule has 0 saturated heterocycles. The summed E-state index contributed by atoms with van der Waals surface area (Å²) in [6.45, 7) is 1.80. The Balaban J connectivity index is 2.38. The standard InChI is InChI=1S/C11H13Cl3N2/c1-6(12)11-15-9(13)8(10(14)16-11)7-4-2-3-5-7/h6-7H,2-5H2,1H3. The minimum atomic E-state index is -0.271. The van der Waals surface area contributed by atoms with Gasteiger partial charge < -0.3 is 0 Å². The van der Waals surface area contributed by atoms with E-state index in [2.05, 4.69) is 9.97 Å². The molecule has 1 fully saturated rings. The van der Waals surface area contributed by atoms with Crippen LogP contribution in [0.2, 0.25) is 10.3 Å². The van der Waals surface area contributed by atoms with Crippen LogP contribution >= 0.6 is 34.8 Å². The maximum Gasteiger partial charge on any atom is 0.149 e. The molecule has 1 unspecified atom stereocenters. The van der Waals surface area contributed by atoms with E-state index in [4.69, 9.17) is 34.8 Å². The molecule has 1 aliphatic carbocycles. The summed E-state index contributed by atoms with van der Waals surface area (Å²) in [7, 11) is 0. The molecule has 0 N–H and O–H groups in total. The van der Waals surface area contributed by atoms with Crippen molar-refractivity contribution >= 4 is 34.8 Å². The van der Waals surface area contributed by atoms with Gasteiger partial charge >= 0.3 is 0 Å². The number of nitrogens with zero attached hydrogens (tertiary/aromatic N) is 2. The van der Waals surface area contributed by atoms with Gasteiger partial charge in [-0.25, -0.2) is 9.97 Å². The summed E-state index contributed by atoms with van der Waals surface area (Å²) in [6.07, 6.45) is 4.70. The largest absolute Gasteiger partial charge is 0.219 e. The molecule has 0 aliphatic heterocycles. The number of aromatic nitrogens is 2. The number of halogens is 3. The van der Waals surface area contributed by atoms with Crippen LogP contribution in [-0.2, 0) is 0 Å². The summed E-state index contributed by atoms with van der Waals surface area (Å²) in [5.41, 5.74) is 0.905. The Morgan fingerprint density at radius 1 is 1.12 bits per heavy atom. The van der Waals surface area contributed by atoms with E-state index in [-0.39, 0.29) is 5.38 Å². The van der Waals surface area contributed by atoms with Gasteiger partial charge in [0.1, 0.15) is 16.1 Å². The van der Waals surface area contributed by atoms with Gasteiger partial charge in [-0.15, -0.1) is 11.6 Å². The highest BCUT2D eigenvalue weighted by molar-refractivity contribution is 6.34. The van der Waals surface area contributed by atoms with Gasteiger partial charge in [0.15, 0.2) is 0 Å². The fourth-order valence-corrected chi connectivity index (χ4v) is 2.97. The van der Waals surface area contributed by atoms with E-state index in [0.29, 0.717) is 22.0 Å². The second kappa shape index (κ2) is 5.07. The third-order valence-corrected chi connectivity index (χ3v) is 3.76. The van der Waals surface area contributed by atoms with Crippen molar-refractivity contribution in [1.29, 1.82) is 0 Å². The van der Waals surface area contributed by atoms with Crippen LogP contribution in [0.15, 0.2) is 0 Å². The third-order valence-electron chi connectivity index (χ3n) is 2.99. The Morgan fingerprint density at radius 3 is 2.06 bits per heavy atom. The van der Waals surface area contributed by atoms with Crippen LogP contribution in [0, 0.1) is 0 Å². The van der Waals surface area contributed by atoms with Gasteiger partial charge in [-0.2, -0.15) is 0 Å². The molecular weight excluding hydrogens is 266 g/mol. The second-order valence-electron chi connectivity index (χ2n) is 4.17. The van der Waals surface area contributed by atoms with E-state index >= 15 is 0 Å². The van der Waals surface area contributed by atoms with E-state index in [9.17, 15) is 0 Å². The van der Waals surface area contributed by atoms with Gasteiger partial charge in [-0.05, 0) is 25.7 Å². The molecule has 0 radical (unpaired) electrons. The van der Waals surface area contributed by atoms with Crippen LogP contribution in [0.1, 0.15) is 55.3 Å². The first-order chi connectivity index (χ1) is 7.59. The van der Waals surface area contributed by atoms with Crippen LogP contribution in [0.4, 0.5) is 0 Å². The van der Waals surface area contributed by atoms with Crippen molar-refractivity contribution in [3.63, 3.8) is 0 Å². The minimum absolute atomic E-state index is 0.271. The average Bonchev–Trinajstić information content (AvgIpc) is 2.69. The molecule has 1 heterocycles. The summed E-state index contributed by atoms with van der Waals surface area (Å²) in [5.74, 6) is 0.915. The van der Waals surface area contributed by atoms with Crippen molar-refractivity contribution in [2.24, 2.45) is 0 Å². The molecule has 1 aromatic heterocycles. The SMILES string of the molecule is CC(Cl)c1nc(Cl)c(C2CCCC2)c(Cl)n1. The highest BCUT2D eigenvalue weighted by Crippen LogP contribution is 2.40. The first kappa shape index (κ1) is 12.4. The smallest absolute Gasteiger partial charge is 0.149 e. The molecule has 88 valence electrons. The molecule has 5 heteroatoms. The fraction of sp³-hybridized carbons (Fsp3) is 0.636. The molecule has 2 rings (SSSR count). The van der Waals surface area contributed by atoms with Crippen LogP contribution in [0.5, 0.6) is 0 Å². The van der Waals surface area contributed by atoms with Crippen molar-refractivity contribution < 1.29 is 0 Å². The van der Waals surface area contributed by atoms with Gasteiger partial charge in [0.25, 0.3) is 0 Å². The first-order valence-electron chi connectivity index (χ1n) is 5.46. The van der Waals surface area contributed by atoms with Crippen LogP contribution in [0.25, 0.3) is 0 Å². The Hall–Kier alpha value is -0.0500. The zero-order valence-electron chi connectivity index (χ0n) is 9.01. The van der Waals surface area contributed by atoms with Crippen molar-refractivity contribution in [2.45, 2.75) is 43.9 Å². The lowest BCUT2D eigenvalue weighted by atomic mass is 10.0. The predicted molar refractivity (Wildman–Crippen MR) is 67.5 cm³/mol. The van der Waals surface area contributed by atoms with Crippen LogP contribution in [0.3, 0.4) is 0 Å². The lowest BCUT2D eigenvalue weighted by Gasteiger charge is -2.14. The van der Waals surface area contributed by atoms with Gasteiger partial charge in [-0.1, -0.05) is 36.0 Å². The van der Waals surface area contributed by atoms with Gasteiger partial charge in [0.05, 0.1) is 5.38 Å². The number of alkyl halides is 1. The summed E-state index contributed by atoms with van der Waals surface area (Å²) in [5, 5.41) is 0.663. The molecule has 0 bridgehead atoms. The maximum absolute atomic E-state index is 6.16. The number of rotatable bonds is 2. The van der Waals surface area contributed by atoms with Crippen molar-refractivity contribution in [3.05, 3.63) is 21.7 Å². The van der Waals surface area contributed by atoms with Crippen LogP contribution < -0.4 is 0 Å². The third kappa shape index (κ3) is 2.44. The fourth-order valence-electron chi connectivity index (χ4n) is 2.16. The van der Waals surface area contributed by atoms with Gasteiger partial charge in [-0.3, -0.25) is 0 Å². The minimum Gasteiger partial charge on any atom is -0.219 e. The molecule has 16 heavy (non-hydrogen) atoms. The van der Waals surface area contributed by atoms with E-state index < -0.39 is 0 Å². The molecule has 1 aliphatic rings. The Morgan fingerprint density at radius 2 is 1.62 bits per heavy atom. The van der Waals surface area contributed by atoms with Gasteiger partial charge in [0, 0.05) is 5.56 Å². The molecule has 0 spiro atoms. The van der Waals surface area contributed by atoms with E-state index in [1.54, 1.807) is 6.92 Å². The summed E-state index contributed by atoms with van der Waals surface area (Å²) < 4.78 is 0. The number of hydrogen-bond donors (Lipinski definition) is 0. The molecule has 1 atom stereocenters. The molecule has 0 amide bonds. The van der Waals surface area contributed by atoms with E-state index in [1.807, 2.05) is 0 Å². The lowest BCUT2D eigenvalue weighted by molar-refractivity contribution is 0.709. The number of hydrogen-bond acceptors (Lipinski definition) is 2. The zero-order valence-corrected chi connectivity index (χ0v) is 11.3. The van der Waals surface area contributed by atoms with Crippen molar-refractivity contribution in [2.75, 3.05) is 0 Å². The predicted octanol–water partition coefficient (Wildman–Crippen LogP) is 4.74. The highest BCUT2D eigenvalue weighted by atomic mass is 35.5. The van der Waals surface area contributed by atoms with E-state index in [0.717, 1.165) is 18.4 Å². The molecule has 1 saturated carbocycles. The monoisotopic (exact) mass is 278 g/mol. The summed E-state index contributed by atoms with van der Waals surface area (Å²) >= 11 is 18.2. The Kier molecular flexibility index (Phi) is 3.93. The summed E-state index contributed by atoms with van der Waals surface area (Å²) in [4.78, 5) is 8.43. The van der Waals surface area contributed by atoms with Gasteiger partial charge in [0.2, 0.25) is 0 Å². The molecular formula is C11H13Cl3N2. The lowest BCUT2D eigenvalue weighted by Crippen LogP contribution is -2.04. The average molecular weight is 280 g/mol. The molecule has 2 nitrogen and oxygen atoms in total. The Labute approximate surface area is 110 Å². The maximum atomic E-state index is 6.16.